The molecule has 0 saturated heterocycles. The molecule has 3 aromatic carbocycles. The van der Waals surface area contributed by atoms with Crippen molar-refractivity contribution >= 4 is 34.3 Å². The summed E-state index contributed by atoms with van der Waals surface area (Å²) in [7, 11) is 7.59. The number of benzene rings is 3. The van der Waals surface area contributed by atoms with E-state index >= 15 is 0 Å². The van der Waals surface area contributed by atoms with Crippen LogP contribution >= 0.6 is 11.3 Å². The smallest absolute Gasteiger partial charge is 0.355 e. The molecular weight excluding hydrogens is 556 g/mol. The Kier molecular flexibility index (Phi) is 8.44. The van der Waals surface area contributed by atoms with E-state index in [9.17, 15) is 4.79 Å². The summed E-state index contributed by atoms with van der Waals surface area (Å²) in [6, 6.07) is 18.8. The minimum absolute atomic E-state index is 0.332. The second kappa shape index (κ2) is 12.4. The van der Waals surface area contributed by atoms with Gasteiger partial charge in [-0.05, 0) is 76.7 Å². The van der Waals surface area contributed by atoms with Gasteiger partial charge in [-0.25, -0.2) is 4.79 Å². The summed E-state index contributed by atoms with van der Waals surface area (Å²) >= 11 is 1.62. The maximum atomic E-state index is 13.6. The molecule has 218 valence electrons. The number of esters is 1. The van der Waals surface area contributed by atoms with Gasteiger partial charge in [-0.1, -0.05) is 6.07 Å². The number of carbonyl (C=O) groups excluding carboxylic acids is 1. The zero-order valence-electron chi connectivity index (χ0n) is 24.1. The molecule has 4 aromatic rings. The number of carbonyl (C=O) groups is 1. The van der Waals surface area contributed by atoms with Crippen LogP contribution in [0.4, 0.5) is 11.4 Å². The lowest BCUT2D eigenvalue weighted by molar-refractivity contribution is -0.136. The fourth-order valence-electron chi connectivity index (χ4n) is 4.99. The molecule has 0 radical (unpaired) electrons. The molecule has 1 aromatic heterocycles. The fourth-order valence-corrected chi connectivity index (χ4v) is 5.61. The van der Waals surface area contributed by atoms with Gasteiger partial charge < -0.3 is 39.1 Å². The molecule has 0 unspecified atom stereocenters. The van der Waals surface area contributed by atoms with Crippen molar-refractivity contribution in [2.45, 2.75) is 13.2 Å². The third-order valence-electron chi connectivity index (χ3n) is 6.98. The number of rotatable bonds is 10. The highest BCUT2D eigenvalue weighted by molar-refractivity contribution is 7.09. The largest absolute Gasteiger partial charge is 0.493 e. The summed E-state index contributed by atoms with van der Waals surface area (Å²) in [6.07, 6.45) is 0. The summed E-state index contributed by atoms with van der Waals surface area (Å²) < 4.78 is 34.2. The zero-order valence-corrected chi connectivity index (χ0v) is 24.9. The first-order valence-electron chi connectivity index (χ1n) is 13.0. The molecule has 1 aliphatic rings. The number of thiophene rings is 1. The summed E-state index contributed by atoms with van der Waals surface area (Å²) in [6.45, 7) is 0.758. The fraction of sp³-hybridized carbons (Fsp3) is 0.219. The zero-order chi connectivity index (χ0) is 29.8. The third-order valence-corrected chi connectivity index (χ3v) is 7.83. The standard InChI is InChI=1S/C32H32N2O7S/c1-36-25-16-24-20(15-26(25)41-18-23-7-6-12-42-23)17-34(22-10-8-21(33)9-11-22)30(32(35)40-5)29(24)19-13-27(37-2)31(39-4)28(14-19)38-3/h6-16H,17-18,33H2,1-5H3. The summed E-state index contributed by atoms with van der Waals surface area (Å²) in [4.78, 5) is 16.6. The first-order valence-corrected chi connectivity index (χ1v) is 13.9. The van der Waals surface area contributed by atoms with Gasteiger partial charge in [-0.3, -0.25) is 0 Å². The van der Waals surface area contributed by atoms with Crippen LogP contribution < -0.4 is 34.3 Å². The number of anilines is 2. The number of fused-ring (bicyclic) bond motifs is 1. The number of ether oxygens (including phenoxy) is 6. The second-order valence-electron chi connectivity index (χ2n) is 9.34. The molecule has 42 heavy (non-hydrogen) atoms. The van der Waals surface area contributed by atoms with Gasteiger partial charge in [-0.2, -0.15) is 0 Å². The predicted octanol–water partition coefficient (Wildman–Crippen LogP) is 5.90. The van der Waals surface area contributed by atoms with E-state index in [0.29, 0.717) is 64.4 Å². The topological polar surface area (TPSA) is 102 Å². The van der Waals surface area contributed by atoms with Gasteiger partial charge >= 0.3 is 5.97 Å². The van der Waals surface area contributed by atoms with Crippen molar-refractivity contribution in [1.29, 1.82) is 0 Å². The minimum Gasteiger partial charge on any atom is -0.493 e. The van der Waals surface area contributed by atoms with Gasteiger partial charge in [0.15, 0.2) is 23.0 Å². The van der Waals surface area contributed by atoms with Crippen LogP contribution in [0.15, 0.2) is 71.7 Å². The number of nitrogens with zero attached hydrogens (tertiary/aromatic N) is 1. The third kappa shape index (κ3) is 5.40. The molecule has 0 bridgehead atoms. The molecule has 5 rings (SSSR count). The number of hydrogen-bond donors (Lipinski definition) is 1. The lowest BCUT2D eigenvalue weighted by Gasteiger charge is -2.35. The van der Waals surface area contributed by atoms with Crippen LogP contribution in [-0.2, 0) is 22.7 Å². The molecule has 10 heteroatoms. The monoisotopic (exact) mass is 588 g/mol. The van der Waals surface area contributed by atoms with E-state index in [1.165, 1.54) is 7.11 Å². The average Bonchev–Trinajstić information content (AvgIpc) is 3.55. The molecule has 0 amide bonds. The Morgan fingerprint density at radius 2 is 1.55 bits per heavy atom. The Balaban J connectivity index is 1.78. The molecule has 1 aliphatic heterocycles. The average molecular weight is 589 g/mol. The van der Waals surface area contributed by atoms with Crippen LogP contribution in [-0.4, -0.2) is 41.5 Å². The number of hydrogen-bond acceptors (Lipinski definition) is 10. The van der Waals surface area contributed by atoms with Crippen LogP contribution in [0.3, 0.4) is 0 Å². The lowest BCUT2D eigenvalue weighted by Crippen LogP contribution is -2.33. The number of nitrogens with two attached hydrogens (primary N) is 1. The van der Waals surface area contributed by atoms with Crippen molar-refractivity contribution in [3.63, 3.8) is 0 Å². The molecule has 0 spiro atoms. The van der Waals surface area contributed by atoms with Crippen LogP contribution in [0.25, 0.3) is 5.57 Å². The van der Waals surface area contributed by atoms with Crippen molar-refractivity contribution in [3.05, 3.63) is 93.3 Å². The summed E-state index contributed by atoms with van der Waals surface area (Å²) in [5.41, 5.74) is 10.6. The highest BCUT2D eigenvalue weighted by atomic mass is 32.1. The molecule has 0 fully saturated rings. The van der Waals surface area contributed by atoms with Crippen LogP contribution in [0, 0.1) is 0 Å². The lowest BCUT2D eigenvalue weighted by atomic mass is 9.87. The van der Waals surface area contributed by atoms with Gasteiger partial charge in [0.25, 0.3) is 0 Å². The minimum atomic E-state index is -0.516. The number of methoxy groups -OCH3 is 5. The van der Waals surface area contributed by atoms with E-state index in [-0.39, 0.29) is 0 Å². The van der Waals surface area contributed by atoms with Gasteiger partial charge in [-0.15, -0.1) is 11.3 Å². The van der Waals surface area contributed by atoms with Crippen molar-refractivity contribution in [3.8, 4) is 28.7 Å². The molecule has 0 atom stereocenters. The van der Waals surface area contributed by atoms with Crippen molar-refractivity contribution in [1.82, 2.24) is 0 Å². The molecule has 9 nitrogen and oxygen atoms in total. The normalized spacial score (nSPS) is 12.5. The van der Waals surface area contributed by atoms with Gasteiger partial charge in [0, 0.05) is 28.4 Å². The van der Waals surface area contributed by atoms with Crippen LogP contribution in [0.2, 0.25) is 0 Å². The van der Waals surface area contributed by atoms with Gasteiger partial charge in [0.2, 0.25) is 5.75 Å². The maximum absolute atomic E-state index is 13.6. The van der Waals surface area contributed by atoms with E-state index < -0.39 is 5.97 Å². The van der Waals surface area contributed by atoms with Crippen LogP contribution in [0.5, 0.6) is 28.7 Å². The summed E-state index contributed by atoms with van der Waals surface area (Å²) in [5, 5.41) is 2.01. The predicted molar refractivity (Wildman–Crippen MR) is 163 cm³/mol. The molecular formula is C32H32N2O7S. The Hall–Kier alpha value is -4.83. The van der Waals surface area contributed by atoms with Crippen molar-refractivity contribution in [2.24, 2.45) is 0 Å². The van der Waals surface area contributed by atoms with E-state index in [4.69, 9.17) is 34.2 Å². The molecule has 2 N–H and O–H groups in total. The molecule has 2 heterocycles. The van der Waals surface area contributed by atoms with Gasteiger partial charge in [0.1, 0.15) is 12.3 Å². The summed E-state index contributed by atoms with van der Waals surface area (Å²) in [5.74, 6) is 1.92. The van der Waals surface area contributed by atoms with E-state index in [1.807, 2.05) is 58.8 Å². The van der Waals surface area contributed by atoms with Crippen molar-refractivity contribution < 1.29 is 33.2 Å². The van der Waals surface area contributed by atoms with E-state index in [1.54, 1.807) is 51.9 Å². The van der Waals surface area contributed by atoms with Crippen LogP contribution in [0.1, 0.15) is 21.6 Å². The van der Waals surface area contributed by atoms with E-state index in [2.05, 4.69) is 0 Å². The first kappa shape index (κ1) is 28.7. The maximum Gasteiger partial charge on any atom is 0.355 e. The SMILES string of the molecule is COC(=O)C1=C(c2cc(OC)c(OC)c(OC)c2)c2cc(OC)c(OCc3cccs3)cc2CN1c1ccc(N)cc1. The quantitative estimate of drug-likeness (QED) is 0.179. The molecule has 0 aliphatic carbocycles. The molecule has 0 saturated carbocycles. The Bertz CT molecular complexity index is 1590. The Morgan fingerprint density at radius 3 is 2.12 bits per heavy atom. The Labute approximate surface area is 248 Å². The number of nitrogen functional groups attached to an aromatic ring is 1. The highest BCUT2D eigenvalue weighted by Crippen LogP contribution is 2.47. The Morgan fingerprint density at radius 1 is 0.857 bits per heavy atom. The second-order valence-corrected chi connectivity index (χ2v) is 10.4. The van der Waals surface area contributed by atoms with E-state index in [0.717, 1.165) is 21.7 Å². The first-order chi connectivity index (χ1) is 20.4. The van der Waals surface area contributed by atoms with Gasteiger partial charge in [0.05, 0.1) is 35.5 Å². The van der Waals surface area contributed by atoms with Crippen molar-refractivity contribution in [2.75, 3.05) is 46.2 Å². The highest BCUT2D eigenvalue weighted by Gasteiger charge is 2.34.